The quantitative estimate of drug-likeness (QED) is 0.729. The Kier molecular flexibility index (Phi) is 4.81. The lowest BCUT2D eigenvalue weighted by molar-refractivity contribution is 0.390. The van der Waals surface area contributed by atoms with Crippen molar-refractivity contribution < 1.29 is 17.2 Å². The number of nitriles is 1. The molecule has 0 spiro atoms. The van der Waals surface area contributed by atoms with E-state index in [0.717, 1.165) is 0 Å². The number of nitrogens with two attached hydrogens (primary N) is 1. The normalized spacial score (nSPS) is 20.3. The molecule has 5 nitrogen and oxygen atoms in total. The molecule has 1 saturated carbocycles. The highest BCUT2D eigenvalue weighted by atomic mass is 79.9. The smallest absolute Gasteiger partial charge is 0.217 e. The number of alkyl halides is 1. The molecule has 0 saturated heterocycles. The molecule has 0 aromatic carbocycles. The lowest BCUT2D eigenvalue weighted by atomic mass is 9.97. The van der Waals surface area contributed by atoms with Gasteiger partial charge in [-0.25, -0.2) is 17.8 Å². The number of rotatable bonds is 6. The van der Waals surface area contributed by atoms with Crippen LogP contribution in [0.2, 0.25) is 0 Å². The summed E-state index contributed by atoms with van der Waals surface area (Å²) >= 11 is 3.12. The summed E-state index contributed by atoms with van der Waals surface area (Å²) in [5, 5.41) is 9.28. The maximum atomic E-state index is 13.9. The van der Waals surface area contributed by atoms with Crippen molar-refractivity contribution in [2.75, 3.05) is 12.4 Å². The predicted molar refractivity (Wildman–Crippen MR) is 84.3 cm³/mol. The van der Waals surface area contributed by atoms with E-state index in [0.29, 0.717) is 17.3 Å². The average Bonchev–Trinajstić information content (AvgIpc) is 3.27. The fraction of sp³-hybridized carbons (Fsp3) is 0.571. The Morgan fingerprint density at radius 1 is 1.57 bits per heavy atom. The maximum absolute atomic E-state index is 13.9. The third kappa shape index (κ3) is 3.25. The van der Waals surface area contributed by atoms with Crippen molar-refractivity contribution in [3.63, 3.8) is 0 Å². The molecule has 2 N–H and O–H groups in total. The van der Waals surface area contributed by atoms with Crippen LogP contribution in [-0.4, -0.2) is 30.6 Å². The van der Waals surface area contributed by atoms with E-state index in [-0.39, 0.29) is 5.56 Å². The van der Waals surface area contributed by atoms with Gasteiger partial charge in [-0.15, -0.1) is 0 Å². The van der Waals surface area contributed by atoms with Crippen LogP contribution >= 0.6 is 15.9 Å². The molecule has 0 radical (unpaired) electrons. The standard InChI is InChI=1S/C14H16BrF2N3O2S/c1-13(19,11-4-10(15)5-20-12(11)17)8-23(21,22)14(6-16,7-18)9-2-3-9/h4-5,9H,2-3,6,8,19H2,1H3/t13-,14?/m0/s1. The summed E-state index contributed by atoms with van der Waals surface area (Å²) < 4.78 is 51.1. The number of hydrogen-bond acceptors (Lipinski definition) is 5. The van der Waals surface area contributed by atoms with E-state index in [1.165, 1.54) is 19.2 Å². The molecule has 1 fully saturated rings. The third-order valence-corrected chi connectivity index (χ3v) is 7.15. The zero-order valence-electron chi connectivity index (χ0n) is 12.4. The van der Waals surface area contributed by atoms with E-state index in [9.17, 15) is 22.5 Å². The van der Waals surface area contributed by atoms with E-state index >= 15 is 0 Å². The first-order chi connectivity index (χ1) is 10.6. The Morgan fingerprint density at radius 2 is 2.17 bits per heavy atom. The molecule has 1 aliphatic rings. The van der Waals surface area contributed by atoms with Crippen molar-refractivity contribution in [2.24, 2.45) is 11.7 Å². The van der Waals surface area contributed by atoms with E-state index in [2.05, 4.69) is 20.9 Å². The summed E-state index contributed by atoms with van der Waals surface area (Å²) in [6.45, 7) is 0.0240. The second-order valence-electron chi connectivity index (χ2n) is 6.08. The minimum atomic E-state index is -4.23. The van der Waals surface area contributed by atoms with Crippen molar-refractivity contribution in [3.05, 3.63) is 28.2 Å². The summed E-state index contributed by atoms with van der Waals surface area (Å²) in [7, 11) is -4.23. The van der Waals surface area contributed by atoms with Gasteiger partial charge in [0.2, 0.25) is 5.95 Å². The fourth-order valence-corrected chi connectivity index (χ4v) is 5.19. The van der Waals surface area contributed by atoms with E-state index in [1.807, 2.05) is 0 Å². The van der Waals surface area contributed by atoms with E-state index < -0.39 is 44.4 Å². The molecule has 1 unspecified atom stereocenters. The summed E-state index contributed by atoms with van der Waals surface area (Å²) in [4.78, 5) is 3.50. The van der Waals surface area contributed by atoms with Crippen LogP contribution in [0.25, 0.3) is 0 Å². The molecular weight excluding hydrogens is 392 g/mol. The number of halogens is 3. The Morgan fingerprint density at radius 3 is 2.65 bits per heavy atom. The van der Waals surface area contributed by atoms with Gasteiger partial charge in [-0.05, 0) is 47.7 Å². The summed E-state index contributed by atoms with van der Waals surface area (Å²) in [5.74, 6) is -2.19. The molecule has 0 aliphatic heterocycles. The third-order valence-electron chi connectivity index (χ3n) is 4.09. The Bertz CT molecular complexity index is 760. The molecule has 0 bridgehead atoms. The zero-order valence-corrected chi connectivity index (χ0v) is 14.8. The zero-order chi connectivity index (χ0) is 17.5. The van der Waals surface area contributed by atoms with Gasteiger partial charge in [0.25, 0.3) is 0 Å². The highest BCUT2D eigenvalue weighted by molar-refractivity contribution is 9.10. The van der Waals surface area contributed by atoms with Gasteiger partial charge in [-0.3, -0.25) is 0 Å². The number of aromatic nitrogens is 1. The molecule has 2 rings (SSSR count). The lowest BCUT2D eigenvalue weighted by Crippen LogP contribution is -2.51. The average molecular weight is 408 g/mol. The van der Waals surface area contributed by atoms with Crippen LogP contribution in [0.1, 0.15) is 25.3 Å². The van der Waals surface area contributed by atoms with Crippen molar-refractivity contribution >= 4 is 25.8 Å². The van der Waals surface area contributed by atoms with Gasteiger partial charge in [0.1, 0.15) is 6.67 Å². The van der Waals surface area contributed by atoms with Gasteiger partial charge in [-0.1, -0.05) is 0 Å². The SMILES string of the molecule is C[C@](N)(CS(=O)(=O)C(C#N)(CF)C1CC1)c1cc(Br)cnc1F. The van der Waals surface area contributed by atoms with Crippen molar-refractivity contribution in [1.29, 1.82) is 5.26 Å². The van der Waals surface area contributed by atoms with Gasteiger partial charge in [0.15, 0.2) is 14.6 Å². The Labute approximate surface area is 141 Å². The summed E-state index contributed by atoms with van der Waals surface area (Å²) in [6.07, 6.45) is 2.17. The molecule has 1 aliphatic carbocycles. The molecule has 126 valence electrons. The minimum absolute atomic E-state index is 0.114. The predicted octanol–water partition coefficient (Wildman–Crippen LogP) is 2.21. The molecule has 23 heavy (non-hydrogen) atoms. The van der Waals surface area contributed by atoms with Gasteiger partial charge < -0.3 is 5.73 Å². The van der Waals surface area contributed by atoms with Crippen LogP contribution in [0, 0.1) is 23.2 Å². The van der Waals surface area contributed by atoms with Crippen LogP contribution in [0.3, 0.4) is 0 Å². The van der Waals surface area contributed by atoms with E-state index in [4.69, 9.17) is 5.73 Å². The van der Waals surface area contributed by atoms with Crippen molar-refractivity contribution in [3.8, 4) is 6.07 Å². The van der Waals surface area contributed by atoms with Gasteiger partial charge in [0, 0.05) is 16.2 Å². The minimum Gasteiger partial charge on any atom is -0.321 e. The number of hydrogen-bond donors (Lipinski definition) is 1. The van der Waals surface area contributed by atoms with Gasteiger partial charge in [-0.2, -0.15) is 9.65 Å². The van der Waals surface area contributed by atoms with Crippen LogP contribution < -0.4 is 5.73 Å². The second kappa shape index (κ2) is 6.07. The van der Waals surface area contributed by atoms with Crippen molar-refractivity contribution in [2.45, 2.75) is 30.1 Å². The van der Waals surface area contributed by atoms with Crippen LogP contribution in [0.5, 0.6) is 0 Å². The number of nitrogens with zero attached hydrogens (tertiary/aromatic N) is 2. The molecule has 1 aromatic heterocycles. The summed E-state index contributed by atoms with van der Waals surface area (Å²) in [5.41, 5.74) is 4.25. The topological polar surface area (TPSA) is 96.8 Å². The van der Waals surface area contributed by atoms with Crippen LogP contribution in [-0.2, 0) is 15.4 Å². The fourth-order valence-electron chi connectivity index (χ4n) is 2.61. The Hall–Kier alpha value is -1.11. The molecule has 9 heteroatoms. The molecular formula is C14H16BrF2N3O2S. The first kappa shape index (κ1) is 18.2. The summed E-state index contributed by atoms with van der Waals surface area (Å²) in [6, 6.07) is 2.96. The molecule has 1 heterocycles. The lowest BCUT2D eigenvalue weighted by Gasteiger charge is -2.30. The highest BCUT2D eigenvalue weighted by Crippen LogP contribution is 2.45. The Balaban J connectivity index is 2.43. The largest absolute Gasteiger partial charge is 0.321 e. The second-order valence-corrected chi connectivity index (χ2v) is 9.24. The number of sulfone groups is 1. The van der Waals surface area contributed by atoms with Crippen molar-refractivity contribution in [1.82, 2.24) is 4.98 Å². The van der Waals surface area contributed by atoms with Gasteiger partial charge >= 0.3 is 0 Å². The highest BCUT2D eigenvalue weighted by Gasteiger charge is 2.57. The first-order valence-corrected chi connectivity index (χ1v) is 9.34. The van der Waals surface area contributed by atoms with Gasteiger partial charge in [0.05, 0.1) is 17.4 Å². The van der Waals surface area contributed by atoms with Crippen LogP contribution in [0.4, 0.5) is 8.78 Å². The molecule has 2 atom stereocenters. The first-order valence-electron chi connectivity index (χ1n) is 6.89. The monoisotopic (exact) mass is 407 g/mol. The number of pyridine rings is 1. The molecule has 1 aromatic rings. The maximum Gasteiger partial charge on any atom is 0.217 e. The van der Waals surface area contributed by atoms with E-state index in [1.54, 1.807) is 6.07 Å². The molecule has 0 amide bonds. The van der Waals surface area contributed by atoms with Crippen LogP contribution in [0.15, 0.2) is 16.7 Å².